The maximum atomic E-state index is 10.3. The zero-order chi connectivity index (χ0) is 12.3. The van der Waals surface area contributed by atoms with Crippen LogP contribution in [0.2, 0.25) is 0 Å². The summed E-state index contributed by atoms with van der Waals surface area (Å²) in [5.41, 5.74) is 3.14. The number of aryl methyl sites for hydroxylation is 2. The van der Waals surface area contributed by atoms with Crippen molar-refractivity contribution in [1.29, 1.82) is 0 Å². The average molecular weight is 230 g/mol. The van der Waals surface area contributed by atoms with E-state index in [2.05, 4.69) is 19.1 Å². The van der Waals surface area contributed by atoms with Crippen molar-refractivity contribution in [1.82, 2.24) is 0 Å². The summed E-state index contributed by atoms with van der Waals surface area (Å²) in [5, 5.41) is 10.3. The summed E-state index contributed by atoms with van der Waals surface area (Å²) in [4.78, 5) is 0. The second-order valence-electron chi connectivity index (χ2n) is 4.37. The van der Waals surface area contributed by atoms with Crippen molar-refractivity contribution < 1.29 is 9.52 Å². The number of aliphatic hydroxyl groups is 1. The van der Waals surface area contributed by atoms with Crippen molar-refractivity contribution in [3.8, 4) is 0 Å². The van der Waals surface area contributed by atoms with E-state index >= 15 is 0 Å². The Labute approximate surface area is 102 Å². The number of benzene rings is 1. The molecule has 1 N–H and O–H groups in total. The third-order valence-corrected chi connectivity index (χ3v) is 2.96. The largest absolute Gasteiger partial charge is 0.466 e. The van der Waals surface area contributed by atoms with Gasteiger partial charge in [-0.25, -0.2) is 0 Å². The molecule has 0 amide bonds. The van der Waals surface area contributed by atoms with Crippen LogP contribution in [0.1, 0.15) is 41.9 Å². The van der Waals surface area contributed by atoms with E-state index in [1.165, 1.54) is 5.56 Å². The van der Waals surface area contributed by atoms with Gasteiger partial charge in [-0.15, -0.1) is 0 Å². The second kappa shape index (κ2) is 5.19. The summed E-state index contributed by atoms with van der Waals surface area (Å²) >= 11 is 0. The van der Waals surface area contributed by atoms with Gasteiger partial charge in [0.1, 0.15) is 11.9 Å². The van der Waals surface area contributed by atoms with E-state index in [1.807, 2.05) is 25.1 Å². The Morgan fingerprint density at radius 2 is 2.12 bits per heavy atom. The van der Waals surface area contributed by atoms with Crippen molar-refractivity contribution >= 4 is 0 Å². The van der Waals surface area contributed by atoms with Crippen LogP contribution in [0, 0.1) is 6.92 Å². The number of furan rings is 1. The minimum Gasteiger partial charge on any atom is -0.466 e. The molecule has 17 heavy (non-hydrogen) atoms. The first-order valence-corrected chi connectivity index (χ1v) is 6.03. The quantitative estimate of drug-likeness (QED) is 0.870. The lowest BCUT2D eigenvalue weighted by atomic mass is 10.0. The Kier molecular flexibility index (Phi) is 3.64. The number of hydrogen-bond donors (Lipinski definition) is 1. The third-order valence-electron chi connectivity index (χ3n) is 2.96. The van der Waals surface area contributed by atoms with Gasteiger partial charge < -0.3 is 9.52 Å². The highest BCUT2D eigenvalue weighted by Gasteiger charge is 2.16. The highest BCUT2D eigenvalue weighted by atomic mass is 16.4. The maximum Gasteiger partial charge on any atom is 0.139 e. The monoisotopic (exact) mass is 230 g/mol. The van der Waals surface area contributed by atoms with Crippen molar-refractivity contribution in [3.63, 3.8) is 0 Å². The van der Waals surface area contributed by atoms with Crippen LogP contribution in [0.3, 0.4) is 0 Å². The van der Waals surface area contributed by atoms with Gasteiger partial charge in [0.2, 0.25) is 0 Å². The van der Waals surface area contributed by atoms with E-state index in [0.29, 0.717) is 5.76 Å². The molecule has 0 saturated heterocycles. The molecule has 0 bridgehead atoms. The summed E-state index contributed by atoms with van der Waals surface area (Å²) in [6.07, 6.45) is 3.10. The number of aliphatic hydroxyl groups excluding tert-OH is 1. The molecule has 0 aliphatic rings. The zero-order valence-electron chi connectivity index (χ0n) is 10.3. The molecule has 1 unspecified atom stereocenters. The molecule has 0 radical (unpaired) electrons. The van der Waals surface area contributed by atoms with E-state index in [-0.39, 0.29) is 0 Å². The molecular formula is C15H18O2. The van der Waals surface area contributed by atoms with Crippen LogP contribution < -0.4 is 0 Å². The van der Waals surface area contributed by atoms with Crippen LogP contribution >= 0.6 is 0 Å². The molecule has 1 atom stereocenters. The smallest absolute Gasteiger partial charge is 0.139 e. The topological polar surface area (TPSA) is 33.4 Å². The average Bonchev–Trinajstić information content (AvgIpc) is 2.75. The van der Waals surface area contributed by atoms with Gasteiger partial charge >= 0.3 is 0 Å². The fourth-order valence-corrected chi connectivity index (χ4v) is 2.02. The Morgan fingerprint density at radius 3 is 2.76 bits per heavy atom. The third kappa shape index (κ3) is 2.59. The normalized spacial score (nSPS) is 12.6. The van der Waals surface area contributed by atoms with E-state index in [9.17, 15) is 5.11 Å². The molecule has 0 spiro atoms. The van der Waals surface area contributed by atoms with Gasteiger partial charge in [0.05, 0.1) is 6.26 Å². The van der Waals surface area contributed by atoms with E-state index in [1.54, 1.807) is 6.26 Å². The number of hydrogen-bond acceptors (Lipinski definition) is 2. The van der Waals surface area contributed by atoms with E-state index in [4.69, 9.17) is 4.42 Å². The van der Waals surface area contributed by atoms with Gasteiger partial charge in [-0.3, -0.25) is 0 Å². The lowest BCUT2D eigenvalue weighted by Crippen LogP contribution is -2.00. The molecule has 90 valence electrons. The molecule has 0 aliphatic heterocycles. The summed E-state index contributed by atoms with van der Waals surface area (Å²) < 4.78 is 5.33. The summed E-state index contributed by atoms with van der Waals surface area (Å²) in [5.74, 6) is 0.638. The summed E-state index contributed by atoms with van der Waals surface area (Å²) in [6.45, 7) is 4.09. The van der Waals surface area contributed by atoms with E-state index in [0.717, 1.165) is 24.0 Å². The van der Waals surface area contributed by atoms with Gasteiger partial charge in [0.25, 0.3) is 0 Å². The Morgan fingerprint density at radius 1 is 1.29 bits per heavy atom. The predicted molar refractivity (Wildman–Crippen MR) is 67.9 cm³/mol. The minimum absolute atomic E-state index is 0.638. The maximum absolute atomic E-state index is 10.3. The van der Waals surface area contributed by atoms with Gasteiger partial charge in [-0.05, 0) is 36.1 Å². The standard InChI is InChI=1S/C15H18O2/c1-3-5-12-6-4-7-13(10-12)14(16)15-11(2)8-9-17-15/h4,6-10,14,16H,3,5H2,1-2H3. The van der Waals surface area contributed by atoms with Crippen LogP contribution in [0.5, 0.6) is 0 Å². The van der Waals surface area contributed by atoms with Crippen molar-refractivity contribution in [2.45, 2.75) is 32.8 Å². The summed E-state index contributed by atoms with van der Waals surface area (Å²) in [7, 11) is 0. The van der Waals surface area contributed by atoms with Crippen LogP contribution in [-0.2, 0) is 6.42 Å². The molecule has 2 aromatic rings. The predicted octanol–water partition coefficient (Wildman–Crippen LogP) is 3.62. The van der Waals surface area contributed by atoms with Gasteiger partial charge in [-0.2, -0.15) is 0 Å². The highest BCUT2D eigenvalue weighted by molar-refractivity contribution is 5.31. The fourth-order valence-electron chi connectivity index (χ4n) is 2.02. The fraction of sp³-hybridized carbons (Fsp3) is 0.333. The van der Waals surface area contributed by atoms with Crippen LogP contribution in [0.25, 0.3) is 0 Å². The molecule has 2 heteroatoms. The first-order valence-electron chi connectivity index (χ1n) is 6.03. The molecule has 0 saturated carbocycles. The zero-order valence-corrected chi connectivity index (χ0v) is 10.3. The molecule has 1 heterocycles. The van der Waals surface area contributed by atoms with Gasteiger partial charge in [-0.1, -0.05) is 37.6 Å². The lowest BCUT2D eigenvalue weighted by molar-refractivity contribution is 0.188. The summed E-state index contributed by atoms with van der Waals surface area (Å²) in [6, 6.07) is 9.94. The SMILES string of the molecule is CCCc1cccc(C(O)c2occc2C)c1. The van der Waals surface area contributed by atoms with Crippen molar-refractivity contribution in [2.75, 3.05) is 0 Å². The Balaban J connectivity index is 2.28. The Hall–Kier alpha value is -1.54. The molecule has 2 rings (SSSR count). The molecule has 1 aromatic carbocycles. The lowest BCUT2D eigenvalue weighted by Gasteiger charge is -2.11. The molecule has 0 aliphatic carbocycles. The number of rotatable bonds is 4. The molecular weight excluding hydrogens is 212 g/mol. The second-order valence-corrected chi connectivity index (χ2v) is 4.37. The van der Waals surface area contributed by atoms with E-state index < -0.39 is 6.10 Å². The van der Waals surface area contributed by atoms with Crippen molar-refractivity contribution in [3.05, 3.63) is 59.0 Å². The molecule has 0 fully saturated rings. The van der Waals surface area contributed by atoms with Crippen molar-refractivity contribution in [2.24, 2.45) is 0 Å². The van der Waals surface area contributed by atoms with Crippen LogP contribution in [-0.4, -0.2) is 5.11 Å². The Bertz CT molecular complexity index is 485. The van der Waals surface area contributed by atoms with Gasteiger partial charge in [0.15, 0.2) is 0 Å². The first-order chi connectivity index (χ1) is 8.22. The van der Waals surface area contributed by atoms with Crippen LogP contribution in [0.4, 0.5) is 0 Å². The molecule has 2 nitrogen and oxygen atoms in total. The highest BCUT2D eigenvalue weighted by Crippen LogP contribution is 2.26. The molecule has 1 aromatic heterocycles. The van der Waals surface area contributed by atoms with Gasteiger partial charge in [0, 0.05) is 0 Å². The minimum atomic E-state index is -0.665. The van der Waals surface area contributed by atoms with Crippen LogP contribution in [0.15, 0.2) is 41.0 Å². The first kappa shape index (κ1) is 11.9.